The van der Waals surface area contributed by atoms with E-state index in [4.69, 9.17) is 5.73 Å². The number of Topliss-reactive ketones (excluding diaryl/α,β-unsaturated/α-hetero) is 1. The maximum Gasteiger partial charge on any atom is 0.134 e. The van der Waals surface area contributed by atoms with Crippen molar-refractivity contribution >= 4 is 16.7 Å². The Morgan fingerprint density at radius 3 is 2.50 bits per heavy atom. The third-order valence-corrected chi connectivity index (χ3v) is 8.41. The van der Waals surface area contributed by atoms with Crippen LogP contribution in [-0.2, 0) is 11.3 Å². The fourth-order valence-corrected chi connectivity index (χ4v) is 6.49. The lowest BCUT2D eigenvalue weighted by Gasteiger charge is -2.26. The summed E-state index contributed by atoms with van der Waals surface area (Å²) in [6.07, 6.45) is 13.4. The van der Waals surface area contributed by atoms with Gasteiger partial charge in [-0.25, -0.2) is 0 Å². The number of carbonyl (C=O) groups excluding carboxylic acids is 1. The number of rotatable bonds is 8. The van der Waals surface area contributed by atoms with Crippen LogP contribution in [0.5, 0.6) is 0 Å². The molecule has 1 aromatic heterocycles. The first-order chi connectivity index (χ1) is 16.6. The van der Waals surface area contributed by atoms with Gasteiger partial charge in [0.25, 0.3) is 0 Å². The van der Waals surface area contributed by atoms with Crippen LogP contribution in [0.4, 0.5) is 0 Å². The summed E-state index contributed by atoms with van der Waals surface area (Å²) in [5, 5.41) is 1.31. The molecule has 2 saturated carbocycles. The zero-order valence-corrected chi connectivity index (χ0v) is 20.7. The second-order valence-corrected chi connectivity index (χ2v) is 11.1. The van der Waals surface area contributed by atoms with Crippen LogP contribution in [0.25, 0.3) is 10.9 Å². The highest BCUT2D eigenvalue weighted by molar-refractivity contribution is 5.87. The topological polar surface area (TPSA) is 48.0 Å². The highest BCUT2D eigenvalue weighted by Crippen LogP contribution is 2.38. The summed E-state index contributed by atoms with van der Waals surface area (Å²) in [7, 11) is 0. The van der Waals surface area contributed by atoms with Crippen molar-refractivity contribution in [2.75, 3.05) is 0 Å². The summed E-state index contributed by atoms with van der Waals surface area (Å²) in [6.45, 7) is 3.24. The summed E-state index contributed by atoms with van der Waals surface area (Å²) in [5.74, 6) is 1.79. The van der Waals surface area contributed by atoms with E-state index >= 15 is 0 Å². The molecule has 1 atom stereocenters. The smallest absolute Gasteiger partial charge is 0.134 e. The van der Waals surface area contributed by atoms with Gasteiger partial charge in [0.15, 0.2) is 0 Å². The number of hydrogen-bond donors (Lipinski definition) is 1. The van der Waals surface area contributed by atoms with Crippen LogP contribution in [0.2, 0.25) is 0 Å². The van der Waals surface area contributed by atoms with Gasteiger partial charge in [0, 0.05) is 48.4 Å². The highest BCUT2D eigenvalue weighted by Gasteiger charge is 2.27. The summed E-state index contributed by atoms with van der Waals surface area (Å²) in [5.41, 5.74) is 11.3. The molecule has 2 aliphatic rings. The fraction of sp³-hybridized carbons (Fsp3) is 0.516. The molecule has 2 fully saturated rings. The molecule has 0 bridgehead atoms. The average Bonchev–Trinajstić information content (AvgIpc) is 3.48. The number of benzene rings is 2. The van der Waals surface area contributed by atoms with E-state index in [2.05, 4.69) is 66.2 Å². The van der Waals surface area contributed by atoms with Gasteiger partial charge < -0.3 is 10.3 Å². The number of para-hydroxylation sites is 1. The molecule has 3 heteroatoms. The molecular weight excluding hydrogens is 416 g/mol. The van der Waals surface area contributed by atoms with Gasteiger partial charge in [-0.3, -0.25) is 4.79 Å². The number of fused-ring (bicyclic) bond motifs is 1. The monoisotopic (exact) mass is 456 g/mol. The maximum absolute atomic E-state index is 13.4. The van der Waals surface area contributed by atoms with Crippen molar-refractivity contribution < 1.29 is 4.79 Å². The number of carbonyl (C=O) groups is 1. The van der Waals surface area contributed by atoms with Crippen LogP contribution < -0.4 is 5.73 Å². The predicted molar refractivity (Wildman–Crippen MR) is 141 cm³/mol. The fourth-order valence-electron chi connectivity index (χ4n) is 6.49. The van der Waals surface area contributed by atoms with Crippen molar-refractivity contribution in [1.82, 2.24) is 4.57 Å². The van der Waals surface area contributed by atoms with Crippen molar-refractivity contribution in [3.63, 3.8) is 0 Å². The number of ketones is 1. The molecule has 2 aromatic carbocycles. The van der Waals surface area contributed by atoms with Gasteiger partial charge in [0.05, 0.1) is 0 Å². The van der Waals surface area contributed by atoms with E-state index in [0.717, 1.165) is 38.1 Å². The molecule has 180 valence electrons. The highest BCUT2D eigenvalue weighted by atomic mass is 16.1. The van der Waals surface area contributed by atoms with Crippen LogP contribution in [0, 0.1) is 18.8 Å². The van der Waals surface area contributed by atoms with E-state index in [-0.39, 0.29) is 5.92 Å². The van der Waals surface area contributed by atoms with Gasteiger partial charge in [-0.15, -0.1) is 0 Å². The van der Waals surface area contributed by atoms with Crippen molar-refractivity contribution in [3.05, 3.63) is 71.4 Å². The van der Waals surface area contributed by atoms with Gasteiger partial charge in [0.1, 0.15) is 5.78 Å². The van der Waals surface area contributed by atoms with Crippen LogP contribution in [0.3, 0.4) is 0 Å². The zero-order chi connectivity index (χ0) is 23.5. The Bertz CT molecular complexity index is 1120. The number of aryl methyl sites for hydroxylation is 1. The standard InChI is InChI=1S/C31H40N2O/c1-22-7-6-10-25(17-22)29(19-27(34)18-23-13-15-26(32)16-14-23)30-21-33(20-24-8-2-3-9-24)31-12-5-4-11-28(30)31/h4-7,10-12,17,21,23-24,26,29H,2-3,8-9,13-16,18-20,32H2,1H3. The third kappa shape index (κ3) is 5.30. The number of nitrogens with zero attached hydrogens (tertiary/aromatic N) is 1. The molecule has 3 aromatic rings. The van der Waals surface area contributed by atoms with Crippen molar-refractivity contribution in [1.29, 1.82) is 0 Å². The van der Waals surface area contributed by atoms with Crippen LogP contribution in [0.1, 0.15) is 86.8 Å². The Hall–Kier alpha value is -2.39. The van der Waals surface area contributed by atoms with E-state index in [1.165, 1.54) is 53.3 Å². The molecular formula is C31H40N2O. The largest absolute Gasteiger partial charge is 0.347 e. The Morgan fingerprint density at radius 2 is 1.74 bits per heavy atom. The Morgan fingerprint density at radius 1 is 0.971 bits per heavy atom. The predicted octanol–water partition coefficient (Wildman–Crippen LogP) is 7.14. The number of hydrogen-bond acceptors (Lipinski definition) is 2. The van der Waals surface area contributed by atoms with Crippen molar-refractivity contribution in [2.45, 2.75) is 89.6 Å². The maximum atomic E-state index is 13.4. The molecule has 0 spiro atoms. The SMILES string of the molecule is Cc1cccc(C(CC(=O)CC2CCC(N)CC2)c2cn(CC3CCCC3)c3ccccc23)c1. The molecule has 5 rings (SSSR count). The first-order valence-corrected chi connectivity index (χ1v) is 13.5. The summed E-state index contributed by atoms with van der Waals surface area (Å²) >= 11 is 0. The molecule has 0 saturated heterocycles. The van der Waals surface area contributed by atoms with Crippen molar-refractivity contribution in [2.24, 2.45) is 17.6 Å². The molecule has 1 unspecified atom stereocenters. The Kier molecular flexibility index (Phi) is 7.20. The van der Waals surface area contributed by atoms with Gasteiger partial charge >= 0.3 is 0 Å². The van der Waals surface area contributed by atoms with E-state index in [0.29, 0.717) is 30.6 Å². The van der Waals surface area contributed by atoms with Crippen LogP contribution in [-0.4, -0.2) is 16.4 Å². The first-order valence-electron chi connectivity index (χ1n) is 13.5. The minimum absolute atomic E-state index is 0.105. The third-order valence-electron chi connectivity index (χ3n) is 8.41. The van der Waals surface area contributed by atoms with Gasteiger partial charge in [-0.05, 0) is 74.5 Å². The van der Waals surface area contributed by atoms with E-state index < -0.39 is 0 Å². The summed E-state index contributed by atoms with van der Waals surface area (Å²) in [6, 6.07) is 17.9. The Labute approximate surface area is 204 Å². The molecule has 0 aliphatic heterocycles. The normalized spacial score (nSPS) is 22.3. The second kappa shape index (κ2) is 10.5. The summed E-state index contributed by atoms with van der Waals surface area (Å²) in [4.78, 5) is 13.4. The van der Waals surface area contributed by atoms with E-state index in [1.807, 2.05) is 0 Å². The molecule has 1 heterocycles. The van der Waals surface area contributed by atoms with Crippen LogP contribution in [0.15, 0.2) is 54.7 Å². The zero-order valence-electron chi connectivity index (χ0n) is 20.7. The van der Waals surface area contributed by atoms with Gasteiger partial charge in [0.2, 0.25) is 0 Å². The minimum atomic E-state index is 0.105. The lowest BCUT2D eigenvalue weighted by Crippen LogP contribution is -2.27. The Balaban J connectivity index is 1.46. The lowest BCUT2D eigenvalue weighted by molar-refractivity contribution is -0.120. The van der Waals surface area contributed by atoms with E-state index in [9.17, 15) is 4.79 Å². The quantitative estimate of drug-likeness (QED) is 0.392. The van der Waals surface area contributed by atoms with Gasteiger partial charge in [-0.2, -0.15) is 0 Å². The van der Waals surface area contributed by atoms with Crippen LogP contribution >= 0.6 is 0 Å². The van der Waals surface area contributed by atoms with Crippen molar-refractivity contribution in [3.8, 4) is 0 Å². The van der Waals surface area contributed by atoms with E-state index in [1.54, 1.807) is 0 Å². The summed E-state index contributed by atoms with van der Waals surface area (Å²) < 4.78 is 2.48. The second-order valence-electron chi connectivity index (χ2n) is 11.1. The molecule has 34 heavy (non-hydrogen) atoms. The molecule has 0 radical (unpaired) electrons. The first kappa shape index (κ1) is 23.4. The average molecular weight is 457 g/mol. The number of nitrogens with two attached hydrogens (primary N) is 1. The lowest BCUT2D eigenvalue weighted by atomic mass is 9.80. The van der Waals surface area contributed by atoms with Gasteiger partial charge in [-0.1, -0.05) is 60.9 Å². The molecule has 2 N–H and O–H groups in total. The minimum Gasteiger partial charge on any atom is -0.347 e. The molecule has 0 amide bonds. The molecule has 2 aliphatic carbocycles. The number of aromatic nitrogens is 1. The molecule has 3 nitrogen and oxygen atoms in total.